The summed E-state index contributed by atoms with van der Waals surface area (Å²) in [5, 5.41) is 2.59. The van der Waals surface area contributed by atoms with Gasteiger partial charge in [-0.2, -0.15) is 0 Å². The first kappa shape index (κ1) is 28.7. The number of amides is 1. The maximum atomic E-state index is 13.4. The van der Waals surface area contributed by atoms with Gasteiger partial charge in [0.15, 0.2) is 11.4 Å². The number of halogens is 1. The number of esters is 2. The first-order chi connectivity index (χ1) is 18.2. The molecule has 11 heteroatoms. The molecule has 2 aromatic rings. The predicted octanol–water partition coefficient (Wildman–Crippen LogP) is 2.79. The number of nitrogens with one attached hydrogen (secondary N) is 1. The number of methoxy groups -OCH3 is 1. The van der Waals surface area contributed by atoms with Crippen LogP contribution in [-0.2, 0) is 30.2 Å². The van der Waals surface area contributed by atoms with Crippen molar-refractivity contribution in [2.24, 2.45) is 0 Å². The van der Waals surface area contributed by atoms with E-state index in [2.05, 4.69) is 16.9 Å². The Labute approximate surface area is 220 Å². The summed E-state index contributed by atoms with van der Waals surface area (Å²) >= 11 is 0. The Hall–Kier alpha value is -3.83. The Morgan fingerprint density at radius 1 is 1.26 bits per heavy atom. The molecule has 3 rings (SSSR count). The molecule has 0 aliphatic carbocycles. The Morgan fingerprint density at radius 3 is 2.66 bits per heavy atom. The van der Waals surface area contributed by atoms with Crippen molar-refractivity contribution in [2.45, 2.75) is 51.0 Å². The molecule has 2 heterocycles. The van der Waals surface area contributed by atoms with Crippen LogP contribution in [0.25, 0.3) is 0 Å². The van der Waals surface area contributed by atoms with Crippen LogP contribution in [0.5, 0.6) is 11.5 Å². The molecule has 10 nitrogen and oxygen atoms in total. The zero-order valence-electron chi connectivity index (χ0n) is 21.5. The standard InChI is InChI=1S/C27H31FN2O8/c1-5-13-36-24-16(2)37-27(33)20(11-14-35-22(24)15-18-6-8-19(28)9-7-18)30-26(32)23-25(38-17(3)31)21(34-4)10-12-29-23/h5-10,12,16,20,22,24H,1,11,13-15H2,2-4H3,(H,30,32)/t16-,20-,22+,24-/m0/s1. The zero-order chi connectivity index (χ0) is 27.7. The molecule has 1 aromatic heterocycles. The molecule has 0 radical (unpaired) electrons. The lowest BCUT2D eigenvalue weighted by Crippen LogP contribution is -2.45. The number of carbonyl (C=O) groups is 3. The van der Waals surface area contributed by atoms with Gasteiger partial charge in [-0.05, 0) is 24.6 Å². The summed E-state index contributed by atoms with van der Waals surface area (Å²) in [6.07, 6.45) is 1.40. The minimum Gasteiger partial charge on any atom is -0.493 e. The summed E-state index contributed by atoms with van der Waals surface area (Å²) in [4.78, 5) is 41.7. The lowest BCUT2D eigenvalue weighted by Gasteiger charge is -2.30. The third-order valence-corrected chi connectivity index (χ3v) is 5.77. The average molecular weight is 531 g/mol. The van der Waals surface area contributed by atoms with Gasteiger partial charge in [-0.25, -0.2) is 14.2 Å². The molecule has 1 aliphatic rings. The molecule has 1 fully saturated rings. The largest absolute Gasteiger partial charge is 0.493 e. The summed E-state index contributed by atoms with van der Waals surface area (Å²) in [6, 6.07) is 6.36. The van der Waals surface area contributed by atoms with Crippen LogP contribution in [0, 0.1) is 5.82 Å². The number of benzene rings is 1. The highest BCUT2D eigenvalue weighted by molar-refractivity contribution is 5.98. The summed E-state index contributed by atoms with van der Waals surface area (Å²) < 4.78 is 41.4. The van der Waals surface area contributed by atoms with Crippen LogP contribution >= 0.6 is 0 Å². The van der Waals surface area contributed by atoms with Gasteiger partial charge < -0.3 is 29.0 Å². The van der Waals surface area contributed by atoms with Crippen LogP contribution in [0.15, 0.2) is 49.2 Å². The van der Waals surface area contributed by atoms with Crippen molar-refractivity contribution >= 4 is 17.8 Å². The lowest BCUT2D eigenvalue weighted by atomic mass is 10.0. The van der Waals surface area contributed by atoms with Gasteiger partial charge in [-0.3, -0.25) is 9.59 Å². The van der Waals surface area contributed by atoms with Gasteiger partial charge in [0.1, 0.15) is 24.1 Å². The van der Waals surface area contributed by atoms with E-state index in [0.29, 0.717) is 6.42 Å². The van der Waals surface area contributed by atoms with E-state index < -0.39 is 42.2 Å². The van der Waals surface area contributed by atoms with Gasteiger partial charge in [0.05, 0.1) is 19.8 Å². The molecular weight excluding hydrogens is 499 g/mol. The first-order valence-corrected chi connectivity index (χ1v) is 12.0. The molecule has 0 unspecified atom stereocenters. The number of rotatable bonds is 9. The van der Waals surface area contributed by atoms with Crippen LogP contribution in [0.1, 0.15) is 36.3 Å². The first-order valence-electron chi connectivity index (χ1n) is 12.0. The van der Waals surface area contributed by atoms with E-state index in [0.717, 1.165) is 5.56 Å². The molecular formula is C27H31FN2O8. The summed E-state index contributed by atoms with van der Waals surface area (Å²) in [7, 11) is 1.35. The topological polar surface area (TPSA) is 122 Å². The summed E-state index contributed by atoms with van der Waals surface area (Å²) in [6.45, 7) is 6.78. The number of pyridine rings is 1. The van der Waals surface area contributed by atoms with Crippen molar-refractivity contribution < 1.29 is 42.5 Å². The fourth-order valence-electron chi connectivity index (χ4n) is 3.99. The number of hydrogen-bond donors (Lipinski definition) is 1. The fraction of sp³-hybridized carbons (Fsp3) is 0.407. The second kappa shape index (κ2) is 13.6. The molecule has 0 bridgehead atoms. The van der Waals surface area contributed by atoms with E-state index in [1.165, 1.54) is 38.4 Å². The average Bonchev–Trinajstić information content (AvgIpc) is 2.93. The molecule has 4 atom stereocenters. The highest BCUT2D eigenvalue weighted by atomic mass is 19.1. The molecule has 204 valence electrons. The molecule has 0 saturated carbocycles. The second-order valence-corrected chi connectivity index (χ2v) is 8.57. The van der Waals surface area contributed by atoms with E-state index in [-0.39, 0.29) is 42.6 Å². The van der Waals surface area contributed by atoms with E-state index in [9.17, 15) is 18.8 Å². The van der Waals surface area contributed by atoms with Crippen molar-refractivity contribution in [3.8, 4) is 11.5 Å². The van der Waals surface area contributed by atoms with E-state index in [4.69, 9.17) is 23.7 Å². The van der Waals surface area contributed by atoms with Gasteiger partial charge in [0.25, 0.3) is 5.91 Å². The highest BCUT2D eigenvalue weighted by Crippen LogP contribution is 2.30. The number of aromatic nitrogens is 1. The lowest BCUT2D eigenvalue weighted by molar-refractivity contribution is -0.163. The number of nitrogens with zero attached hydrogens (tertiary/aromatic N) is 1. The van der Waals surface area contributed by atoms with Gasteiger partial charge >= 0.3 is 11.9 Å². The van der Waals surface area contributed by atoms with Gasteiger partial charge in [-0.15, -0.1) is 6.58 Å². The number of cyclic esters (lactones) is 1. The van der Waals surface area contributed by atoms with Crippen molar-refractivity contribution in [3.63, 3.8) is 0 Å². The Balaban J connectivity index is 1.81. The molecule has 0 spiro atoms. The van der Waals surface area contributed by atoms with Gasteiger partial charge in [0.2, 0.25) is 5.75 Å². The van der Waals surface area contributed by atoms with Crippen molar-refractivity contribution in [3.05, 3.63) is 66.3 Å². The Morgan fingerprint density at radius 2 is 2.00 bits per heavy atom. The second-order valence-electron chi connectivity index (χ2n) is 8.57. The molecule has 1 N–H and O–H groups in total. The van der Waals surface area contributed by atoms with E-state index in [1.54, 1.807) is 25.1 Å². The Kier molecular flexibility index (Phi) is 10.3. The third kappa shape index (κ3) is 7.59. The van der Waals surface area contributed by atoms with Crippen molar-refractivity contribution in [1.29, 1.82) is 0 Å². The minimum absolute atomic E-state index is 0.0783. The quantitative estimate of drug-likeness (QED) is 0.385. The smallest absolute Gasteiger partial charge is 0.329 e. The van der Waals surface area contributed by atoms with E-state index in [1.807, 2.05) is 0 Å². The zero-order valence-corrected chi connectivity index (χ0v) is 21.5. The van der Waals surface area contributed by atoms with E-state index >= 15 is 0 Å². The molecule has 1 aliphatic heterocycles. The predicted molar refractivity (Wildman–Crippen MR) is 133 cm³/mol. The minimum atomic E-state index is -1.09. The van der Waals surface area contributed by atoms with Crippen LogP contribution in [0.3, 0.4) is 0 Å². The van der Waals surface area contributed by atoms with Crippen LogP contribution in [-0.4, -0.2) is 67.5 Å². The third-order valence-electron chi connectivity index (χ3n) is 5.77. The van der Waals surface area contributed by atoms with Crippen molar-refractivity contribution in [2.75, 3.05) is 20.3 Å². The van der Waals surface area contributed by atoms with Gasteiger partial charge in [-0.1, -0.05) is 18.2 Å². The highest BCUT2D eigenvalue weighted by Gasteiger charge is 2.36. The number of hydrogen-bond acceptors (Lipinski definition) is 9. The van der Waals surface area contributed by atoms with Gasteiger partial charge in [0, 0.05) is 38.6 Å². The monoisotopic (exact) mass is 530 g/mol. The molecule has 1 amide bonds. The molecule has 38 heavy (non-hydrogen) atoms. The number of ether oxygens (including phenoxy) is 5. The van der Waals surface area contributed by atoms with Crippen LogP contribution < -0.4 is 14.8 Å². The van der Waals surface area contributed by atoms with Crippen LogP contribution in [0.2, 0.25) is 0 Å². The Bertz CT molecular complexity index is 1140. The number of carbonyl (C=O) groups excluding carboxylic acids is 3. The summed E-state index contributed by atoms with van der Waals surface area (Å²) in [5.74, 6) is -2.53. The summed E-state index contributed by atoms with van der Waals surface area (Å²) in [5.41, 5.74) is 0.580. The van der Waals surface area contributed by atoms with Crippen molar-refractivity contribution in [1.82, 2.24) is 10.3 Å². The maximum Gasteiger partial charge on any atom is 0.329 e. The molecule has 1 saturated heterocycles. The maximum absolute atomic E-state index is 13.4. The molecule has 1 aromatic carbocycles. The SMILES string of the molecule is C=CCO[C@H]1[C@H](C)OC(=O)[C@@H](NC(=O)c2nccc(OC)c2OC(C)=O)CCO[C@@H]1Cc1ccc(F)cc1. The van der Waals surface area contributed by atoms with Crippen LogP contribution in [0.4, 0.5) is 4.39 Å². The fourth-order valence-corrected chi connectivity index (χ4v) is 3.99. The normalized spacial score (nSPS) is 21.7.